The fourth-order valence-corrected chi connectivity index (χ4v) is 2.93. The highest BCUT2D eigenvalue weighted by Crippen LogP contribution is 2.40. The van der Waals surface area contributed by atoms with Gasteiger partial charge in [-0.05, 0) is 41.9 Å². The number of allylic oxidation sites excluding steroid dienone is 2. The molecule has 0 spiro atoms. The van der Waals surface area contributed by atoms with Crippen LogP contribution in [0.5, 0.6) is 0 Å². The Morgan fingerprint density at radius 3 is 2.64 bits per heavy atom. The van der Waals surface area contributed by atoms with Crippen LogP contribution < -0.4 is 0 Å². The molecule has 1 fully saturated rings. The average molecular weight is 184 g/mol. The van der Waals surface area contributed by atoms with Crippen LogP contribution in [-0.2, 0) is 6.42 Å². The summed E-state index contributed by atoms with van der Waals surface area (Å²) in [6, 6.07) is 8.90. The molecule has 0 aliphatic heterocycles. The molecule has 14 heavy (non-hydrogen) atoms. The Bertz CT molecular complexity index is 367. The lowest BCUT2D eigenvalue weighted by atomic mass is 9.93. The van der Waals surface area contributed by atoms with E-state index < -0.39 is 0 Å². The van der Waals surface area contributed by atoms with Gasteiger partial charge in [0, 0.05) is 0 Å². The molecule has 0 N–H and O–H groups in total. The summed E-state index contributed by atoms with van der Waals surface area (Å²) in [7, 11) is 0. The van der Waals surface area contributed by atoms with Crippen molar-refractivity contribution in [1.29, 1.82) is 0 Å². The van der Waals surface area contributed by atoms with Crippen LogP contribution in [0.3, 0.4) is 0 Å². The molecule has 0 aromatic heterocycles. The Labute approximate surface area is 85.6 Å². The smallest absolute Gasteiger partial charge is 0.00853 e. The molecule has 1 saturated carbocycles. The maximum absolute atomic E-state index is 2.46. The van der Waals surface area contributed by atoms with Crippen molar-refractivity contribution in [2.45, 2.75) is 32.1 Å². The van der Waals surface area contributed by atoms with Gasteiger partial charge in [0.05, 0.1) is 0 Å². The van der Waals surface area contributed by atoms with Crippen LogP contribution in [0.4, 0.5) is 0 Å². The molecule has 0 saturated heterocycles. The standard InChI is InChI=1S/C14H16/c1-2-6-11(5-1)14-10-9-12-7-3-4-8-13(12)14/h3-4,7-8,10-11H,1-2,5-6,9H2. The van der Waals surface area contributed by atoms with Crippen molar-refractivity contribution in [1.82, 2.24) is 0 Å². The topological polar surface area (TPSA) is 0 Å². The highest BCUT2D eigenvalue weighted by atomic mass is 14.3. The SMILES string of the molecule is C1=C(C2CCCC2)c2ccccc2C1. The first-order valence-corrected chi connectivity index (χ1v) is 5.73. The molecule has 0 unspecified atom stereocenters. The number of rotatable bonds is 1. The van der Waals surface area contributed by atoms with Crippen LogP contribution in [0.25, 0.3) is 5.57 Å². The Hall–Kier alpha value is -1.04. The molecule has 0 amide bonds. The van der Waals surface area contributed by atoms with Crippen LogP contribution in [-0.4, -0.2) is 0 Å². The van der Waals surface area contributed by atoms with Crippen LogP contribution in [0.15, 0.2) is 30.3 Å². The minimum Gasteiger partial charge on any atom is -0.0760 e. The number of hydrogen-bond donors (Lipinski definition) is 0. The minimum absolute atomic E-state index is 0.874. The zero-order valence-corrected chi connectivity index (χ0v) is 8.50. The summed E-state index contributed by atoms with van der Waals surface area (Å²) in [5.41, 5.74) is 4.73. The zero-order valence-electron chi connectivity index (χ0n) is 8.50. The van der Waals surface area contributed by atoms with Crippen LogP contribution in [0, 0.1) is 5.92 Å². The summed E-state index contributed by atoms with van der Waals surface area (Å²) in [5.74, 6) is 0.874. The third-order valence-electron chi connectivity index (χ3n) is 3.67. The minimum atomic E-state index is 0.874. The predicted octanol–water partition coefficient (Wildman–Crippen LogP) is 3.82. The lowest BCUT2D eigenvalue weighted by Crippen LogP contribution is -1.96. The van der Waals surface area contributed by atoms with Gasteiger partial charge >= 0.3 is 0 Å². The summed E-state index contributed by atoms with van der Waals surface area (Å²) >= 11 is 0. The van der Waals surface area contributed by atoms with Crippen molar-refractivity contribution < 1.29 is 0 Å². The maximum Gasteiger partial charge on any atom is -0.00853 e. The highest BCUT2D eigenvalue weighted by molar-refractivity contribution is 5.74. The van der Waals surface area contributed by atoms with Gasteiger partial charge in [-0.1, -0.05) is 43.2 Å². The van der Waals surface area contributed by atoms with Gasteiger partial charge in [-0.25, -0.2) is 0 Å². The van der Waals surface area contributed by atoms with Crippen molar-refractivity contribution >= 4 is 5.57 Å². The van der Waals surface area contributed by atoms with E-state index in [1.54, 1.807) is 11.1 Å². The molecule has 0 bridgehead atoms. The second-order valence-corrected chi connectivity index (χ2v) is 4.50. The highest BCUT2D eigenvalue weighted by Gasteiger charge is 2.24. The van der Waals surface area contributed by atoms with Gasteiger partial charge in [0.15, 0.2) is 0 Å². The van der Waals surface area contributed by atoms with E-state index in [9.17, 15) is 0 Å². The summed E-state index contributed by atoms with van der Waals surface area (Å²) in [6.07, 6.45) is 9.33. The number of fused-ring (bicyclic) bond motifs is 1. The van der Waals surface area contributed by atoms with Gasteiger partial charge in [0.1, 0.15) is 0 Å². The maximum atomic E-state index is 2.46. The monoisotopic (exact) mass is 184 g/mol. The lowest BCUT2D eigenvalue weighted by molar-refractivity contribution is 0.707. The second-order valence-electron chi connectivity index (χ2n) is 4.50. The molecule has 2 aliphatic carbocycles. The molecular weight excluding hydrogens is 168 g/mol. The molecular formula is C14H16. The molecule has 0 heterocycles. The molecule has 72 valence electrons. The van der Waals surface area contributed by atoms with Gasteiger partial charge in [0.2, 0.25) is 0 Å². The molecule has 2 aliphatic rings. The third-order valence-corrected chi connectivity index (χ3v) is 3.67. The first kappa shape index (κ1) is 8.28. The van der Waals surface area contributed by atoms with E-state index in [-0.39, 0.29) is 0 Å². The van der Waals surface area contributed by atoms with Crippen LogP contribution in [0.1, 0.15) is 36.8 Å². The van der Waals surface area contributed by atoms with E-state index in [0.29, 0.717) is 0 Å². The zero-order chi connectivity index (χ0) is 9.38. The van der Waals surface area contributed by atoms with Gasteiger partial charge in [0.25, 0.3) is 0 Å². The summed E-state index contributed by atoms with van der Waals surface area (Å²) < 4.78 is 0. The molecule has 0 heteroatoms. The van der Waals surface area contributed by atoms with Crippen molar-refractivity contribution in [2.75, 3.05) is 0 Å². The van der Waals surface area contributed by atoms with E-state index >= 15 is 0 Å². The fraction of sp³-hybridized carbons (Fsp3) is 0.429. The first-order chi connectivity index (χ1) is 6.95. The van der Waals surface area contributed by atoms with Crippen molar-refractivity contribution in [3.05, 3.63) is 41.5 Å². The molecule has 1 aromatic rings. The Balaban J connectivity index is 1.95. The molecule has 0 radical (unpaired) electrons. The summed E-state index contributed by atoms with van der Waals surface area (Å²) in [4.78, 5) is 0. The van der Waals surface area contributed by atoms with Crippen molar-refractivity contribution in [3.8, 4) is 0 Å². The predicted molar refractivity (Wildman–Crippen MR) is 60.1 cm³/mol. The largest absolute Gasteiger partial charge is 0.0760 e. The van der Waals surface area contributed by atoms with Gasteiger partial charge in [-0.15, -0.1) is 0 Å². The van der Waals surface area contributed by atoms with Gasteiger partial charge < -0.3 is 0 Å². The lowest BCUT2D eigenvalue weighted by Gasteiger charge is -2.12. The number of hydrogen-bond acceptors (Lipinski definition) is 0. The first-order valence-electron chi connectivity index (χ1n) is 5.73. The van der Waals surface area contributed by atoms with Crippen molar-refractivity contribution in [3.63, 3.8) is 0 Å². The van der Waals surface area contributed by atoms with Crippen LogP contribution in [0.2, 0.25) is 0 Å². The summed E-state index contributed by atoms with van der Waals surface area (Å²) in [6.45, 7) is 0. The number of benzene rings is 1. The third kappa shape index (κ3) is 1.21. The van der Waals surface area contributed by atoms with E-state index in [0.717, 1.165) is 5.92 Å². The van der Waals surface area contributed by atoms with E-state index in [2.05, 4.69) is 30.3 Å². The second kappa shape index (κ2) is 3.27. The quantitative estimate of drug-likeness (QED) is 0.622. The molecule has 0 nitrogen and oxygen atoms in total. The fourth-order valence-electron chi connectivity index (χ4n) is 2.93. The Morgan fingerprint density at radius 1 is 1.00 bits per heavy atom. The Kier molecular flexibility index (Phi) is 1.93. The average Bonchev–Trinajstić information content (AvgIpc) is 2.85. The van der Waals surface area contributed by atoms with Gasteiger partial charge in [-0.3, -0.25) is 0 Å². The molecule has 1 aromatic carbocycles. The molecule has 0 atom stereocenters. The van der Waals surface area contributed by atoms with E-state index in [1.165, 1.54) is 37.7 Å². The van der Waals surface area contributed by atoms with Crippen LogP contribution >= 0.6 is 0 Å². The van der Waals surface area contributed by atoms with E-state index in [1.807, 2.05) is 0 Å². The summed E-state index contributed by atoms with van der Waals surface area (Å²) in [5, 5.41) is 0. The van der Waals surface area contributed by atoms with Crippen molar-refractivity contribution in [2.24, 2.45) is 5.92 Å². The van der Waals surface area contributed by atoms with E-state index in [4.69, 9.17) is 0 Å². The molecule has 3 rings (SSSR count). The normalized spacial score (nSPS) is 21.0. The van der Waals surface area contributed by atoms with Gasteiger partial charge in [-0.2, -0.15) is 0 Å². The Morgan fingerprint density at radius 2 is 1.79 bits per heavy atom.